The fourth-order valence-corrected chi connectivity index (χ4v) is 3.40. The van der Waals surface area contributed by atoms with E-state index in [9.17, 15) is 10.0 Å². The Morgan fingerprint density at radius 2 is 2.08 bits per heavy atom. The minimum absolute atomic E-state index is 0.306. The first-order chi connectivity index (χ1) is 12.5. The number of anilines is 1. The molecule has 0 saturated heterocycles. The number of hydrogen-bond donors (Lipinski definition) is 1. The molecule has 4 nitrogen and oxygen atoms in total. The van der Waals surface area contributed by atoms with E-state index in [1.54, 1.807) is 6.26 Å². The number of nitrogens with zero attached hydrogens (tertiary/aromatic N) is 1. The molecule has 1 aliphatic carbocycles. The molecule has 26 heavy (non-hydrogen) atoms. The Morgan fingerprint density at radius 3 is 2.69 bits per heavy atom. The maximum atomic E-state index is 12.1. The van der Waals surface area contributed by atoms with Gasteiger partial charge in [-0.25, -0.2) is 0 Å². The number of carbonyl (C=O) groups is 1. The van der Waals surface area contributed by atoms with Crippen LogP contribution >= 0.6 is 11.8 Å². The molecule has 1 amide bonds. The Labute approximate surface area is 159 Å². The minimum Gasteiger partial charge on any atom is -0.489 e. The molecular weight excluding hydrogens is 346 g/mol. The first kappa shape index (κ1) is 18.8. The highest BCUT2D eigenvalue weighted by molar-refractivity contribution is 8.13. The van der Waals surface area contributed by atoms with Gasteiger partial charge in [-0.15, -0.1) is 0 Å². The molecule has 0 heterocycles. The van der Waals surface area contributed by atoms with Crippen LogP contribution in [-0.2, 0) is 13.0 Å². The van der Waals surface area contributed by atoms with Gasteiger partial charge < -0.3 is 4.74 Å². The van der Waals surface area contributed by atoms with E-state index in [1.807, 2.05) is 31.2 Å². The van der Waals surface area contributed by atoms with Crippen LogP contribution in [0.2, 0.25) is 0 Å². The van der Waals surface area contributed by atoms with Gasteiger partial charge in [-0.1, -0.05) is 49.0 Å². The Kier molecular flexibility index (Phi) is 5.89. The van der Waals surface area contributed by atoms with Crippen molar-refractivity contribution in [2.45, 2.75) is 45.6 Å². The van der Waals surface area contributed by atoms with Gasteiger partial charge in [0.25, 0.3) is 0 Å². The van der Waals surface area contributed by atoms with E-state index < -0.39 is 0 Å². The summed E-state index contributed by atoms with van der Waals surface area (Å²) in [5, 5.41) is 10.9. The first-order valence-electron chi connectivity index (χ1n) is 8.96. The number of amides is 1. The third-order valence-electron chi connectivity index (χ3n) is 4.76. The van der Waals surface area contributed by atoms with E-state index in [-0.39, 0.29) is 5.24 Å². The van der Waals surface area contributed by atoms with Crippen LogP contribution < -0.4 is 9.80 Å². The van der Waals surface area contributed by atoms with Crippen molar-refractivity contribution in [3.05, 3.63) is 58.7 Å². The molecule has 3 rings (SSSR count). The number of carbonyl (C=O) groups excluding carboxylic acids is 1. The monoisotopic (exact) mass is 371 g/mol. The molecule has 0 atom stereocenters. The van der Waals surface area contributed by atoms with E-state index in [0.717, 1.165) is 58.5 Å². The Hall–Kier alpha value is -1.98. The van der Waals surface area contributed by atoms with E-state index in [4.69, 9.17) is 4.74 Å². The second kappa shape index (κ2) is 8.14. The highest BCUT2D eigenvalue weighted by Gasteiger charge is 2.30. The Morgan fingerprint density at radius 1 is 1.31 bits per heavy atom. The third-order valence-corrected chi connectivity index (χ3v) is 5.28. The van der Waals surface area contributed by atoms with Crippen molar-refractivity contribution in [1.82, 2.24) is 0 Å². The molecule has 2 aromatic rings. The van der Waals surface area contributed by atoms with Crippen molar-refractivity contribution in [3.63, 3.8) is 0 Å². The fraction of sp³-hybridized carbons (Fsp3) is 0.381. The summed E-state index contributed by atoms with van der Waals surface area (Å²) in [5.74, 6) is 1.24. The lowest BCUT2D eigenvalue weighted by molar-refractivity contribution is 0.223. The summed E-state index contributed by atoms with van der Waals surface area (Å²) in [4.78, 5) is 12.1. The summed E-state index contributed by atoms with van der Waals surface area (Å²) in [7, 11) is 0. The van der Waals surface area contributed by atoms with Crippen molar-refractivity contribution in [2.24, 2.45) is 0 Å². The van der Waals surface area contributed by atoms with Gasteiger partial charge in [0.1, 0.15) is 12.4 Å². The Bertz CT molecular complexity index is 802. The molecule has 1 aliphatic rings. The van der Waals surface area contributed by atoms with Gasteiger partial charge in [0.15, 0.2) is 0 Å². The first-order valence-corrected chi connectivity index (χ1v) is 10.2. The number of thioether (sulfide) groups is 1. The molecule has 0 radical (unpaired) electrons. The second-order valence-corrected chi connectivity index (χ2v) is 7.41. The quantitative estimate of drug-likeness (QED) is 0.523. The van der Waals surface area contributed by atoms with Gasteiger partial charge in [0.05, 0.1) is 5.69 Å². The molecule has 0 aromatic heterocycles. The Balaban J connectivity index is 1.87. The standard InChI is InChI=1S/C21H25NO3S/c1-4-15-8-11-19(14(2)12-15)25-13-17-6-5-7-18(16-9-10-16)20(17)22(24)21(23)26-3/h5-8,11-12,16,24H,4,9-10,13H2,1-3H3. The topological polar surface area (TPSA) is 49.8 Å². The van der Waals surface area contributed by atoms with Crippen LogP contribution in [0, 0.1) is 6.92 Å². The summed E-state index contributed by atoms with van der Waals surface area (Å²) >= 11 is 0.994. The third kappa shape index (κ3) is 4.05. The molecule has 1 N–H and O–H groups in total. The summed E-state index contributed by atoms with van der Waals surface area (Å²) in [6.07, 6.45) is 4.84. The predicted molar refractivity (Wildman–Crippen MR) is 106 cm³/mol. The van der Waals surface area contributed by atoms with Gasteiger partial charge in [-0.2, -0.15) is 5.06 Å². The molecule has 0 bridgehead atoms. The molecule has 1 saturated carbocycles. The van der Waals surface area contributed by atoms with Crippen molar-refractivity contribution in [2.75, 3.05) is 11.3 Å². The summed E-state index contributed by atoms with van der Waals surface area (Å²) < 4.78 is 6.03. The van der Waals surface area contributed by atoms with Crippen LogP contribution in [0.25, 0.3) is 0 Å². The normalized spacial score (nSPS) is 13.5. The smallest absolute Gasteiger partial charge is 0.309 e. The highest BCUT2D eigenvalue weighted by atomic mass is 32.2. The van der Waals surface area contributed by atoms with Crippen molar-refractivity contribution < 1.29 is 14.7 Å². The largest absolute Gasteiger partial charge is 0.489 e. The van der Waals surface area contributed by atoms with E-state index in [1.165, 1.54) is 5.56 Å². The molecule has 0 spiro atoms. The molecular formula is C21H25NO3S. The van der Waals surface area contributed by atoms with Gasteiger partial charge in [0, 0.05) is 5.56 Å². The van der Waals surface area contributed by atoms with Crippen molar-refractivity contribution >= 4 is 22.7 Å². The zero-order valence-corrected chi connectivity index (χ0v) is 16.3. The van der Waals surface area contributed by atoms with Crippen LogP contribution in [-0.4, -0.2) is 16.7 Å². The lowest BCUT2D eigenvalue weighted by Gasteiger charge is -2.22. The molecule has 0 unspecified atom stereocenters. The average Bonchev–Trinajstić information content (AvgIpc) is 3.50. The van der Waals surface area contributed by atoms with Gasteiger partial charge in [-0.05, 0) is 61.1 Å². The maximum Gasteiger partial charge on any atom is 0.309 e. The molecule has 5 heteroatoms. The molecule has 2 aromatic carbocycles. The summed E-state index contributed by atoms with van der Waals surface area (Å²) in [5.41, 5.74) is 4.79. The van der Waals surface area contributed by atoms with Crippen LogP contribution in [0.5, 0.6) is 5.75 Å². The van der Waals surface area contributed by atoms with Crippen molar-refractivity contribution in [3.8, 4) is 5.75 Å². The van der Waals surface area contributed by atoms with Crippen LogP contribution in [0.3, 0.4) is 0 Å². The van der Waals surface area contributed by atoms with Gasteiger partial charge in [0.2, 0.25) is 0 Å². The number of benzene rings is 2. The number of para-hydroxylation sites is 1. The van der Waals surface area contributed by atoms with Gasteiger partial charge >= 0.3 is 5.24 Å². The van der Waals surface area contributed by atoms with E-state index in [2.05, 4.69) is 19.1 Å². The maximum absolute atomic E-state index is 12.1. The molecule has 0 aliphatic heterocycles. The SMILES string of the molecule is CCc1ccc(OCc2cccc(C3CC3)c2N(O)C(=O)SC)c(C)c1. The fourth-order valence-electron chi connectivity index (χ4n) is 3.14. The zero-order chi connectivity index (χ0) is 18.7. The highest BCUT2D eigenvalue weighted by Crippen LogP contribution is 2.45. The number of rotatable bonds is 6. The van der Waals surface area contributed by atoms with Crippen LogP contribution in [0.1, 0.15) is 47.9 Å². The summed E-state index contributed by atoms with van der Waals surface area (Å²) in [6, 6.07) is 12.1. The predicted octanol–water partition coefficient (Wildman–Crippen LogP) is 5.69. The van der Waals surface area contributed by atoms with Crippen molar-refractivity contribution in [1.29, 1.82) is 0 Å². The molecule has 138 valence electrons. The number of aryl methyl sites for hydroxylation is 2. The lowest BCUT2D eigenvalue weighted by Crippen LogP contribution is -2.25. The molecule has 1 fully saturated rings. The summed E-state index contributed by atoms with van der Waals surface area (Å²) in [6.45, 7) is 4.47. The second-order valence-electron chi connectivity index (χ2n) is 6.65. The van der Waals surface area contributed by atoms with Crippen LogP contribution in [0.4, 0.5) is 10.5 Å². The lowest BCUT2D eigenvalue weighted by atomic mass is 10.0. The van der Waals surface area contributed by atoms with Gasteiger partial charge in [-0.3, -0.25) is 10.0 Å². The van der Waals surface area contributed by atoms with Crippen LogP contribution in [0.15, 0.2) is 36.4 Å². The number of ether oxygens (including phenoxy) is 1. The number of hydroxylamine groups is 1. The number of hydrogen-bond acceptors (Lipinski definition) is 4. The van der Waals surface area contributed by atoms with E-state index in [0.29, 0.717) is 18.2 Å². The minimum atomic E-state index is -0.386. The van der Waals surface area contributed by atoms with E-state index >= 15 is 0 Å². The average molecular weight is 372 g/mol. The zero-order valence-electron chi connectivity index (χ0n) is 15.5.